The zero-order valence-electron chi connectivity index (χ0n) is 16.5. The van der Waals surface area contributed by atoms with Crippen LogP contribution in [0.3, 0.4) is 0 Å². The van der Waals surface area contributed by atoms with Gasteiger partial charge in [-0.05, 0) is 35.1 Å². The maximum Gasteiger partial charge on any atom is 0.0902 e. The number of hydrogen-bond donors (Lipinski definition) is 0. The summed E-state index contributed by atoms with van der Waals surface area (Å²) in [7, 11) is 0. The maximum absolute atomic E-state index is 4.58. The van der Waals surface area contributed by atoms with Crippen LogP contribution in [0.5, 0.6) is 0 Å². The SMILES string of the molecule is CCC(C)(C)C.CCC(C)(C)C.c1ccncc1.c1ccoc1. The summed E-state index contributed by atoms with van der Waals surface area (Å²) < 4.78 is 4.58. The van der Waals surface area contributed by atoms with E-state index in [2.05, 4.69) is 64.8 Å². The second kappa shape index (κ2) is 14.0. The van der Waals surface area contributed by atoms with E-state index in [1.165, 1.54) is 12.8 Å². The third kappa shape index (κ3) is 29.1. The summed E-state index contributed by atoms with van der Waals surface area (Å²) in [6.07, 6.45) is 9.29. The minimum absolute atomic E-state index is 0.542. The monoisotopic (exact) mass is 319 g/mol. The Morgan fingerprint density at radius 2 is 1.00 bits per heavy atom. The Balaban J connectivity index is 0. The first-order valence-electron chi connectivity index (χ1n) is 8.44. The Kier molecular flexibility index (Phi) is 14.5. The van der Waals surface area contributed by atoms with E-state index >= 15 is 0 Å². The van der Waals surface area contributed by atoms with Gasteiger partial charge in [0.05, 0.1) is 12.5 Å². The predicted molar refractivity (Wildman–Crippen MR) is 102 cm³/mol. The topological polar surface area (TPSA) is 26.0 Å². The number of pyridine rings is 1. The summed E-state index contributed by atoms with van der Waals surface area (Å²) in [5.74, 6) is 0. The smallest absolute Gasteiger partial charge is 0.0902 e. The van der Waals surface area contributed by atoms with Crippen LogP contribution in [0.2, 0.25) is 0 Å². The summed E-state index contributed by atoms with van der Waals surface area (Å²) in [6.45, 7) is 17.9. The van der Waals surface area contributed by atoms with Crippen LogP contribution in [-0.4, -0.2) is 4.98 Å². The quantitative estimate of drug-likeness (QED) is 0.511. The lowest BCUT2D eigenvalue weighted by atomic mass is 9.94. The number of furan rings is 1. The van der Waals surface area contributed by atoms with Gasteiger partial charge in [0.15, 0.2) is 0 Å². The summed E-state index contributed by atoms with van der Waals surface area (Å²) in [6, 6.07) is 9.38. The van der Waals surface area contributed by atoms with Crippen molar-refractivity contribution in [1.29, 1.82) is 0 Å². The third-order valence-electron chi connectivity index (χ3n) is 3.11. The van der Waals surface area contributed by atoms with Crippen LogP contribution < -0.4 is 0 Å². The molecule has 0 unspecified atom stereocenters. The minimum atomic E-state index is 0.542. The van der Waals surface area contributed by atoms with Crippen LogP contribution in [0.25, 0.3) is 0 Å². The lowest BCUT2D eigenvalue weighted by molar-refractivity contribution is 0.397. The van der Waals surface area contributed by atoms with Gasteiger partial charge < -0.3 is 4.42 Å². The van der Waals surface area contributed by atoms with E-state index in [-0.39, 0.29) is 0 Å². The zero-order chi connectivity index (χ0) is 18.2. The molecule has 2 rings (SSSR count). The molecule has 0 aliphatic rings. The molecule has 0 fully saturated rings. The first-order chi connectivity index (χ1) is 10.6. The molecule has 0 amide bonds. The van der Waals surface area contributed by atoms with Crippen molar-refractivity contribution in [2.45, 2.75) is 68.2 Å². The van der Waals surface area contributed by atoms with Crippen LogP contribution in [0.1, 0.15) is 68.2 Å². The molecule has 0 atom stereocenters. The number of aromatic nitrogens is 1. The van der Waals surface area contributed by atoms with Gasteiger partial charge in [-0.25, -0.2) is 0 Å². The fraction of sp³-hybridized carbons (Fsp3) is 0.571. The average Bonchev–Trinajstić information content (AvgIpc) is 3.08. The molecule has 0 saturated heterocycles. The lowest BCUT2D eigenvalue weighted by Crippen LogP contribution is -2.00. The van der Waals surface area contributed by atoms with E-state index in [0.29, 0.717) is 10.8 Å². The molecule has 0 saturated carbocycles. The van der Waals surface area contributed by atoms with Gasteiger partial charge in [-0.2, -0.15) is 0 Å². The van der Waals surface area contributed by atoms with Crippen LogP contribution >= 0.6 is 0 Å². The highest BCUT2D eigenvalue weighted by molar-refractivity contribution is 4.88. The maximum atomic E-state index is 4.58. The second-order valence-corrected chi connectivity index (χ2v) is 7.65. The van der Waals surface area contributed by atoms with E-state index in [4.69, 9.17) is 0 Å². The van der Waals surface area contributed by atoms with Gasteiger partial charge in [-0.3, -0.25) is 4.98 Å². The fourth-order valence-electron chi connectivity index (χ4n) is 0.539. The van der Waals surface area contributed by atoms with E-state index in [1.807, 2.05) is 30.3 Å². The first-order valence-corrected chi connectivity index (χ1v) is 8.44. The number of nitrogens with zero attached hydrogens (tertiary/aromatic N) is 1. The molecule has 0 spiro atoms. The molecule has 2 heterocycles. The van der Waals surface area contributed by atoms with E-state index in [0.717, 1.165) is 0 Å². The van der Waals surface area contributed by atoms with Crippen molar-refractivity contribution in [2.75, 3.05) is 0 Å². The molecule has 0 aliphatic heterocycles. The Hall–Kier alpha value is -1.57. The molecule has 23 heavy (non-hydrogen) atoms. The van der Waals surface area contributed by atoms with Gasteiger partial charge in [0.1, 0.15) is 0 Å². The van der Waals surface area contributed by atoms with Crippen molar-refractivity contribution in [3.63, 3.8) is 0 Å². The van der Waals surface area contributed by atoms with Gasteiger partial charge in [-0.15, -0.1) is 0 Å². The average molecular weight is 320 g/mol. The van der Waals surface area contributed by atoms with Crippen LogP contribution in [0.15, 0.2) is 59.7 Å². The highest BCUT2D eigenvalue weighted by Crippen LogP contribution is 2.16. The zero-order valence-corrected chi connectivity index (χ0v) is 16.5. The van der Waals surface area contributed by atoms with Crippen molar-refractivity contribution in [2.24, 2.45) is 10.8 Å². The van der Waals surface area contributed by atoms with Gasteiger partial charge in [0.25, 0.3) is 0 Å². The molecule has 2 nitrogen and oxygen atoms in total. The summed E-state index contributed by atoms with van der Waals surface area (Å²) in [5, 5.41) is 0. The van der Waals surface area contributed by atoms with Crippen LogP contribution in [0, 0.1) is 10.8 Å². The van der Waals surface area contributed by atoms with Crippen molar-refractivity contribution in [3.8, 4) is 0 Å². The molecule has 0 N–H and O–H groups in total. The van der Waals surface area contributed by atoms with Crippen molar-refractivity contribution in [1.82, 2.24) is 4.98 Å². The molecule has 2 heteroatoms. The molecule has 0 aliphatic carbocycles. The summed E-state index contributed by atoms with van der Waals surface area (Å²) in [4.78, 5) is 3.78. The Labute approximate surface area is 144 Å². The molecule has 2 aromatic heterocycles. The normalized spacial score (nSPS) is 10.1. The van der Waals surface area contributed by atoms with Crippen molar-refractivity contribution < 1.29 is 4.42 Å². The first kappa shape index (κ1) is 23.7. The van der Waals surface area contributed by atoms with Gasteiger partial charge in [0.2, 0.25) is 0 Å². The van der Waals surface area contributed by atoms with Gasteiger partial charge in [0, 0.05) is 12.4 Å². The fourth-order valence-corrected chi connectivity index (χ4v) is 0.539. The second-order valence-electron chi connectivity index (χ2n) is 7.65. The Morgan fingerprint density at radius 1 is 0.652 bits per heavy atom. The van der Waals surface area contributed by atoms with E-state index in [1.54, 1.807) is 24.9 Å². The predicted octanol–water partition coefficient (Wildman–Crippen LogP) is 7.25. The largest absolute Gasteiger partial charge is 0.473 e. The van der Waals surface area contributed by atoms with E-state index < -0.39 is 0 Å². The van der Waals surface area contributed by atoms with Gasteiger partial charge >= 0.3 is 0 Å². The number of rotatable bonds is 0. The molecule has 132 valence electrons. The molecule has 0 aromatic carbocycles. The highest BCUT2D eigenvalue weighted by atomic mass is 16.3. The third-order valence-corrected chi connectivity index (χ3v) is 3.11. The molecule has 2 aromatic rings. The molecular weight excluding hydrogens is 282 g/mol. The number of hydrogen-bond acceptors (Lipinski definition) is 2. The summed E-state index contributed by atoms with van der Waals surface area (Å²) >= 11 is 0. The van der Waals surface area contributed by atoms with E-state index in [9.17, 15) is 0 Å². The molecule has 0 radical (unpaired) electrons. The summed E-state index contributed by atoms with van der Waals surface area (Å²) in [5.41, 5.74) is 1.08. The van der Waals surface area contributed by atoms with Crippen molar-refractivity contribution in [3.05, 3.63) is 55.3 Å². The molecule has 0 bridgehead atoms. The van der Waals surface area contributed by atoms with Crippen LogP contribution in [-0.2, 0) is 0 Å². The Bertz CT molecular complexity index is 349. The van der Waals surface area contributed by atoms with Crippen molar-refractivity contribution >= 4 is 0 Å². The standard InChI is InChI=1S/2C6H14.C5H5N.C4H4O/c2*1-5-6(2,3)4;1-2-4-6-5-3-1;1-2-4-5-3-1/h2*5H2,1-4H3;1-5H;1-4H. The van der Waals surface area contributed by atoms with Gasteiger partial charge in [-0.1, -0.05) is 74.3 Å². The molecular formula is C21H37NO. The van der Waals surface area contributed by atoms with Crippen LogP contribution in [0.4, 0.5) is 0 Å². The highest BCUT2D eigenvalue weighted by Gasteiger charge is 2.03. The lowest BCUT2D eigenvalue weighted by Gasteiger charge is -2.12. The Morgan fingerprint density at radius 3 is 1.09 bits per heavy atom. The minimum Gasteiger partial charge on any atom is -0.473 e.